The molecule has 1 aliphatic rings. The molecule has 0 spiro atoms. The zero-order valence-corrected chi connectivity index (χ0v) is 21.7. The molecule has 5 heterocycles. The SMILES string of the molecule is c1ccc(-c2c(-c3ccc(CN4CCC(c5nc(-c6nccs6)n[nH]5)CC4)cc3)nc3ccccn23)cc1. The molecule has 7 nitrogen and oxygen atoms in total. The molecule has 0 amide bonds. The summed E-state index contributed by atoms with van der Waals surface area (Å²) in [5.74, 6) is 2.11. The van der Waals surface area contributed by atoms with E-state index in [-0.39, 0.29) is 0 Å². The van der Waals surface area contributed by atoms with Crippen molar-refractivity contribution in [3.8, 4) is 33.3 Å². The third kappa shape index (κ3) is 4.42. The summed E-state index contributed by atoms with van der Waals surface area (Å²) in [5.41, 5.74) is 6.72. The second kappa shape index (κ2) is 9.96. The number of fused-ring (bicyclic) bond motifs is 1. The maximum absolute atomic E-state index is 4.99. The fourth-order valence-electron chi connectivity index (χ4n) is 5.35. The van der Waals surface area contributed by atoms with Crippen LogP contribution in [0.1, 0.15) is 30.1 Å². The van der Waals surface area contributed by atoms with Gasteiger partial charge in [-0.2, -0.15) is 5.10 Å². The number of benzene rings is 2. The Morgan fingerprint density at radius 3 is 2.47 bits per heavy atom. The van der Waals surface area contributed by atoms with Crippen LogP contribution in [0.2, 0.25) is 0 Å². The number of pyridine rings is 1. The summed E-state index contributed by atoms with van der Waals surface area (Å²) in [5, 5.41) is 10.4. The molecule has 6 aromatic rings. The van der Waals surface area contributed by atoms with Crippen LogP contribution in [0.5, 0.6) is 0 Å². The van der Waals surface area contributed by atoms with Gasteiger partial charge in [0.05, 0.1) is 11.4 Å². The van der Waals surface area contributed by atoms with Crippen LogP contribution in [-0.2, 0) is 6.54 Å². The van der Waals surface area contributed by atoms with Gasteiger partial charge in [0.2, 0.25) is 5.82 Å². The quantitative estimate of drug-likeness (QED) is 0.281. The van der Waals surface area contributed by atoms with Crippen LogP contribution >= 0.6 is 11.3 Å². The Balaban J connectivity index is 1.05. The molecule has 38 heavy (non-hydrogen) atoms. The van der Waals surface area contributed by atoms with E-state index in [0.29, 0.717) is 11.7 Å². The number of likely N-dealkylation sites (tertiary alicyclic amines) is 1. The summed E-state index contributed by atoms with van der Waals surface area (Å²) in [6, 6.07) is 25.6. The van der Waals surface area contributed by atoms with E-state index in [1.165, 1.54) is 11.1 Å². The molecule has 1 aliphatic heterocycles. The Labute approximate surface area is 224 Å². The van der Waals surface area contributed by atoms with Crippen molar-refractivity contribution < 1.29 is 0 Å². The first-order valence-electron chi connectivity index (χ1n) is 13.0. The molecular formula is C30H27N7S. The van der Waals surface area contributed by atoms with E-state index in [1.807, 2.05) is 11.4 Å². The highest BCUT2D eigenvalue weighted by molar-refractivity contribution is 7.12. The third-order valence-electron chi connectivity index (χ3n) is 7.31. The van der Waals surface area contributed by atoms with Gasteiger partial charge in [-0.05, 0) is 43.6 Å². The summed E-state index contributed by atoms with van der Waals surface area (Å²) in [4.78, 5) is 16.6. The maximum Gasteiger partial charge on any atom is 0.210 e. The second-order valence-corrected chi connectivity index (χ2v) is 10.6. The molecule has 4 aromatic heterocycles. The van der Waals surface area contributed by atoms with Gasteiger partial charge in [0.15, 0.2) is 5.01 Å². The van der Waals surface area contributed by atoms with E-state index >= 15 is 0 Å². The lowest BCUT2D eigenvalue weighted by Crippen LogP contribution is -2.32. The number of nitrogens with one attached hydrogen (secondary N) is 1. The lowest BCUT2D eigenvalue weighted by Gasteiger charge is -2.30. The van der Waals surface area contributed by atoms with Crippen LogP contribution in [0.4, 0.5) is 0 Å². The Bertz CT molecular complexity index is 1640. The van der Waals surface area contributed by atoms with Crippen molar-refractivity contribution in [2.75, 3.05) is 13.1 Å². The fraction of sp³-hybridized carbons (Fsp3) is 0.200. The van der Waals surface area contributed by atoms with E-state index in [0.717, 1.165) is 65.9 Å². The summed E-state index contributed by atoms with van der Waals surface area (Å²) < 4.78 is 2.18. The van der Waals surface area contributed by atoms with E-state index in [4.69, 9.17) is 9.97 Å². The van der Waals surface area contributed by atoms with Crippen molar-refractivity contribution in [3.63, 3.8) is 0 Å². The first-order chi connectivity index (χ1) is 18.8. The molecule has 1 N–H and O–H groups in total. The van der Waals surface area contributed by atoms with Gasteiger partial charge in [0.1, 0.15) is 11.5 Å². The molecule has 0 radical (unpaired) electrons. The zero-order chi connectivity index (χ0) is 25.3. The molecule has 188 valence electrons. The number of rotatable bonds is 6. The molecule has 0 atom stereocenters. The summed E-state index contributed by atoms with van der Waals surface area (Å²) in [7, 11) is 0. The minimum atomic E-state index is 0.418. The number of H-pyrrole nitrogens is 1. The molecule has 0 aliphatic carbocycles. The van der Waals surface area contributed by atoms with Crippen LogP contribution in [-0.4, -0.2) is 47.5 Å². The molecule has 0 unspecified atom stereocenters. The van der Waals surface area contributed by atoms with Gasteiger partial charge in [-0.1, -0.05) is 60.7 Å². The van der Waals surface area contributed by atoms with Crippen LogP contribution in [0.3, 0.4) is 0 Å². The number of hydrogen-bond acceptors (Lipinski definition) is 6. The first-order valence-corrected chi connectivity index (χ1v) is 13.9. The average Bonchev–Trinajstić information content (AvgIpc) is 3.74. The van der Waals surface area contributed by atoms with Gasteiger partial charge < -0.3 is 0 Å². The van der Waals surface area contributed by atoms with E-state index < -0.39 is 0 Å². The Hall–Kier alpha value is -4.14. The van der Waals surface area contributed by atoms with Crippen LogP contribution < -0.4 is 0 Å². The van der Waals surface area contributed by atoms with Gasteiger partial charge in [-0.3, -0.25) is 14.4 Å². The number of piperidine rings is 1. The van der Waals surface area contributed by atoms with Crippen molar-refractivity contribution in [1.29, 1.82) is 0 Å². The number of thiazole rings is 1. The smallest absolute Gasteiger partial charge is 0.210 e. The third-order valence-corrected chi connectivity index (χ3v) is 8.08. The largest absolute Gasteiger partial charge is 0.299 e. The minimum absolute atomic E-state index is 0.418. The average molecular weight is 518 g/mol. The van der Waals surface area contributed by atoms with Crippen LogP contribution in [0.15, 0.2) is 90.6 Å². The van der Waals surface area contributed by atoms with Gasteiger partial charge >= 0.3 is 0 Å². The van der Waals surface area contributed by atoms with Crippen molar-refractivity contribution in [2.24, 2.45) is 0 Å². The topological polar surface area (TPSA) is 75.0 Å². The number of nitrogens with zero attached hydrogens (tertiary/aromatic N) is 6. The molecule has 7 rings (SSSR count). The van der Waals surface area contributed by atoms with Gasteiger partial charge in [0, 0.05) is 41.4 Å². The van der Waals surface area contributed by atoms with Crippen LogP contribution in [0.25, 0.3) is 39.0 Å². The van der Waals surface area contributed by atoms with Crippen molar-refractivity contribution in [2.45, 2.75) is 25.3 Å². The minimum Gasteiger partial charge on any atom is -0.299 e. The maximum atomic E-state index is 4.99. The summed E-state index contributed by atoms with van der Waals surface area (Å²) >= 11 is 1.57. The number of imidazole rings is 1. The van der Waals surface area contributed by atoms with E-state index in [1.54, 1.807) is 17.5 Å². The Kier molecular flexibility index (Phi) is 6.03. The fourth-order valence-corrected chi connectivity index (χ4v) is 5.92. The predicted octanol–water partition coefficient (Wildman–Crippen LogP) is 6.29. The molecule has 0 bridgehead atoms. The predicted molar refractivity (Wildman–Crippen MR) is 151 cm³/mol. The van der Waals surface area contributed by atoms with Gasteiger partial charge in [-0.25, -0.2) is 15.0 Å². The molecule has 2 aromatic carbocycles. The lowest BCUT2D eigenvalue weighted by molar-refractivity contribution is 0.202. The van der Waals surface area contributed by atoms with Crippen LogP contribution in [0, 0.1) is 0 Å². The molecule has 1 saturated heterocycles. The first kappa shape index (κ1) is 23.0. The molecular weight excluding hydrogens is 490 g/mol. The molecule has 8 heteroatoms. The Morgan fingerprint density at radius 1 is 0.868 bits per heavy atom. The van der Waals surface area contributed by atoms with E-state index in [9.17, 15) is 0 Å². The second-order valence-electron chi connectivity index (χ2n) is 9.73. The highest BCUT2D eigenvalue weighted by Crippen LogP contribution is 2.33. The van der Waals surface area contributed by atoms with Gasteiger partial charge in [0.25, 0.3) is 0 Å². The normalized spacial score (nSPS) is 14.8. The van der Waals surface area contributed by atoms with Crippen molar-refractivity contribution in [1.82, 2.24) is 34.4 Å². The summed E-state index contributed by atoms with van der Waals surface area (Å²) in [6.07, 6.45) is 6.03. The standard InChI is InChI=1S/C30H27N7S/c1-2-6-23(7-3-1)27-26(32-25-8-4-5-16-37(25)27)22-11-9-21(10-12-22)20-36-17-13-24(14-18-36)28-33-29(35-34-28)30-31-15-19-38-30/h1-12,15-16,19,24H,13-14,17-18,20H2,(H,33,34,35). The number of aromatic nitrogens is 6. The molecule has 0 saturated carbocycles. The molecule has 1 fully saturated rings. The van der Waals surface area contributed by atoms with Crippen molar-refractivity contribution >= 4 is 17.0 Å². The number of aromatic amines is 1. The monoisotopic (exact) mass is 517 g/mol. The van der Waals surface area contributed by atoms with Gasteiger partial charge in [-0.15, -0.1) is 11.3 Å². The van der Waals surface area contributed by atoms with Crippen molar-refractivity contribution in [3.05, 3.63) is 102 Å². The highest BCUT2D eigenvalue weighted by atomic mass is 32.1. The Morgan fingerprint density at radius 2 is 1.68 bits per heavy atom. The highest BCUT2D eigenvalue weighted by Gasteiger charge is 2.24. The lowest BCUT2D eigenvalue weighted by atomic mass is 9.95. The van der Waals surface area contributed by atoms with E-state index in [2.05, 4.69) is 97.4 Å². The summed E-state index contributed by atoms with van der Waals surface area (Å²) in [6.45, 7) is 3.04. The number of hydrogen-bond donors (Lipinski definition) is 1. The zero-order valence-electron chi connectivity index (χ0n) is 20.9.